The third kappa shape index (κ3) is 3.40. The molecule has 11 heavy (non-hydrogen) atoms. The highest BCUT2D eigenvalue weighted by atomic mass is 16.4. The molecule has 0 radical (unpaired) electrons. The maximum absolute atomic E-state index is 10.7. The van der Waals surface area contributed by atoms with Crippen LogP contribution in [0.25, 0.3) is 0 Å². The second-order valence-electron chi connectivity index (χ2n) is 3.91. The monoisotopic (exact) mass is 158 g/mol. The highest BCUT2D eigenvalue weighted by molar-refractivity contribution is 5.73. The van der Waals surface area contributed by atoms with Crippen molar-refractivity contribution in [3.8, 4) is 0 Å². The summed E-state index contributed by atoms with van der Waals surface area (Å²) in [6, 6.07) is 0. The highest BCUT2D eigenvalue weighted by Crippen LogP contribution is 2.26. The van der Waals surface area contributed by atoms with Crippen molar-refractivity contribution in [3.05, 3.63) is 0 Å². The minimum absolute atomic E-state index is 0.501. The molecule has 0 aliphatic heterocycles. The topological polar surface area (TPSA) is 37.3 Å². The van der Waals surface area contributed by atoms with Crippen LogP contribution in [0.5, 0.6) is 0 Å². The third-order valence-corrected chi connectivity index (χ3v) is 2.13. The average Bonchev–Trinajstić information content (AvgIpc) is 1.86. The van der Waals surface area contributed by atoms with E-state index in [-0.39, 0.29) is 0 Å². The van der Waals surface area contributed by atoms with Gasteiger partial charge in [0.1, 0.15) is 0 Å². The average molecular weight is 158 g/mol. The maximum Gasteiger partial charge on any atom is 0.309 e. The van der Waals surface area contributed by atoms with Crippen molar-refractivity contribution in [2.45, 2.75) is 40.5 Å². The lowest BCUT2D eigenvalue weighted by Gasteiger charge is -2.22. The second kappa shape index (κ2) is 3.74. The summed E-state index contributed by atoms with van der Waals surface area (Å²) in [6.45, 7) is 7.73. The molecule has 0 rings (SSSR count). The Morgan fingerprint density at radius 3 is 2.27 bits per heavy atom. The van der Waals surface area contributed by atoms with Crippen LogP contribution in [-0.2, 0) is 4.79 Å². The molecule has 0 aromatic heterocycles. The fourth-order valence-electron chi connectivity index (χ4n) is 1.10. The fourth-order valence-corrected chi connectivity index (χ4v) is 1.10. The summed E-state index contributed by atoms with van der Waals surface area (Å²) in [6.07, 6.45) is 1.82. The lowest BCUT2D eigenvalue weighted by atomic mass is 9.83. The van der Waals surface area contributed by atoms with E-state index in [2.05, 4.69) is 13.8 Å². The molecule has 0 aliphatic carbocycles. The van der Waals surface area contributed by atoms with E-state index in [1.54, 1.807) is 13.8 Å². The van der Waals surface area contributed by atoms with Crippen LogP contribution >= 0.6 is 0 Å². The van der Waals surface area contributed by atoms with E-state index in [1.165, 1.54) is 0 Å². The van der Waals surface area contributed by atoms with Crippen molar-refractivity contribution in [1.82, 2.24) is 0 Å². The predicted octanol–water partition coefficient (Wildman–Crippen LogP) is 2.53. The van der Waals surface area contributed by atoms with Crippen LogP contribution in [0.15, 0.2) is 0 Å². The van der Waals surface area contributed by atoms with Gasteiger partial charge >= 0.3 is 5.97 Å². The molecular weight excluding hydrogens is 140 g/mol. The number of carboxylic acids is 1. The van der Waals surface area contributed by atoms with Gasteiger partial charge in [-0.15, -0.1) is 0 Å². The van der Waals surface area contributed by atoms with Crippen molar-refractivity contribution in [3.63, 3.8) is 0 Å². The predicted molar refractivity (Wildman–Crippen MR) is 45.5 cm³/mol. The van der Waals surface area contributed by atoms with Gasteiger partial charge in [0.2, 0.25) is 0 Å². The van der Waals surface area contributed by atoms with E-state index in [9.17, 15) is 4.79 Å². The molecule has 0 aromatic carbocycles. The van der Waals surface area contributed by atoms with Crippen molar-refractivity contribution in [2.24, 2.45) is 11.3 Å². The van der Waals surface area contributed by atoms with Crippen LogP contribution in [0.2, 0.25) is 0 Å². The van der Waals surface area contributed by atoms with E-state index >= 15 is 0 Å². The van der Waals surface area contributed by atoms with Crippen molar-refractivity contribution < 1.29 is 9.90 Å². The number of carbonyl (C=O) groups is 1. The molecule has 0 heterocycles. The standard InChI is InChI=1S/C9H18O2/c1-5-7(2)6-9(3,4)8(10)11/h7H,5-6H2,1-4H3,(H,10,11)/t7-/m0/s1. The molecule has 2 nitrogen and oxygen atoms in total. The van der Waals surface area contributed by atoms with Gasteiger partial charge in [-0.2, -0.15) is 0 Å². The SMILES string of the molecule is CC[C@H](C)CC(C)(C)C(=O)O. The number of rotatable bonds is 4. The Balaban J connectivity index is 4.01. The zero-order chi connectivity index (χ0) is 9.07. The molecule has 0 spiro atoms. The molecule has 0 aromatic rings. The zero-order valence-corrected chi connectivity index (χ0v) is 7.85. The first kappa shape index (κ1) is 10.5. The van der Waals surface area contributed by atoms with Crippen LogP contribution < -0.4 is 0 Å². The molecule has 0 saturated heterocycles. The quantitative estimate of drug-likeness (QED) is 0.682. The Kier molecular flexibility index (Phi) is 3.56. The van der Waals surface area contributed by atoms with Gasteiger partial charge in [-0.25, -0.2) is 0 Å². The van der Waals surface area contributed by atoms with Crippen LogP contribution in [0, 0.1) is 11.3 Å². The lowest BCUT2D eigenvalue weighted by Crippen LogP contribution is -2.25. The number of carboxylic acid groups (broad SMARTS) is 1. The van der Waals surface area contributed by atoms with Crippen molar-refractivity contribution in [1.29, 1.82) is 0 Å². The van der Waals surface area contributed by atoms with E-state index in [4.69, 9.17) is 5.11 Å². The Morgan fingerprint density at radius 2 is 2.00 bits per heavy atom. The van der Waals surface area contributed by atoms with Gasteiger partial charge < -0.3 is 5.11 Å². The fraction of sp³-hybridized carbons (Fsp3) is 0.889. The molecule has 66 valence electrons. The highest BCUT2D eigenvalue weighted by Gasteiger charge is 2.28. The normalized spacial score (nSPS) is 14.5. The van der Waals surface area contributed by atoms with Gasteiger partial charge in [-0.05, 0) is 26.2 Å². The molecule has 0 bridgehead atoms. The van der Waals surface area contributed by atoms with Crippen molar-refractivity contribution >= 4 is 5.97 Å². The first-order chi connectivity index (χ1) is 4.90. The summed E-state index contributed by atoms with van der Waals surface area (Å²) in [4.78, 5) is 10.7. The van der Waals surface area contributed by atoms with Crippen LogP contribution in [0.1, 0.15) is 40.5 Å². The second-order valence-corrected chi connectivity index (χ2v) is 3.91. The van der Waals surface area contributed by atoms with Crippen LogP contribution in [0.4, 0.5) is 0 Å². The Morgan fingerprint density at radius 1 is 1.55 bits per heavy atom. The Bertz CT molecular complexity index is 138. The molecule has 0 aliphatic rings. The first-order valence-electron chi connectivity index (χ1n) is 4.13. The minimum Gasteiger partial charge on any atom is -0.481 e. The van der Waals surface area contributed by atoms with Crippen molar-refractivity contribution in [2.75, 3.05) is 0 Å². The molecule has 0 saturated carbocycles. The lowest BCUT2D eigenvalue weighted by molar-refractivity contribution is -0.147. The van der Waals surface area contributed by atoms with E-state index < -0.39 is 11.4 Å². The molecule has 0 amide bonds. The summed E-state index contributed by atoms with van der Waals surface area (Å²) in [5.74, 6) is -0.195. The third-order valence-electron chi connectivity index (χ3n) is 2.13. The number of hydrogen-bond acceptors (Lipinski definition) is 1. The molecule has 0 fully saturated rings. The van der Waals surface area contributed by atoms with E-state index in [1.807, 2.05) is 0 Å². The minimum atomic E-state index is -0.696. The Labute approximate surface area is 68.6 Å². The summed E-state index contributed by atoms with van der Waals surface area (Å²) in [5.41, 5.74) is -0.560. The summed E-state index contributed by atoms with van der Waals surface area (Å²) in [5, 5.41) is 8.79. The molecule has 1 atom stereocenters. The summed E-state index contributed by atoms with van der Waals surface area (Å²) < 4.78 is 0. The van der Waals surface area contributed by atoms with Crippen LogP contribution in [-0.4, -0.2) is 11.1 Å². The van der Waals surface area contributed by atoms with Gasteiger partial charge in [0.25, 0.3) is 0 Å². The molecule has 1 N–H and O–H groups in total. The molecule has 2 heteroatoms. The van der Waals surface area contributed by atoms with Gasteiger partial charge in [-0.1, -0.05) is 20.3 Å². The van der Waals surface area contributed by atoms with Gasteiger partial charge in [-0.3, -0.25) is 4.79 Å². The van der Waals surface area contributed by atoms with Crippen LogP contribution in [0.3, 0.4) is 0 Å². The first-order valence-corrected chi connectivity index (χ1v) is 4.13. The summed E-state index contributed by atoms with van der Waals surface area (Å²) >= 11 is 0. The number of aliphatic carboxylic acids is 1. The summed E-state index contributed by atoms with van der Waals surface area (Å²) in [7, 11) is 0. The van der Waals surface area contributed by atoms with Gasteiger partial charge in [0.15, 0.2) is 0 Å². The maximum atomic E-state index is 10.7. The number of hydrogen-bond donors (Lipinski definition) is 1. The van der Waals surface area contributed by atoms with E-state index in [0.29, 0.717) is 5.92 Å². The Hall–Kier alpha value is -0.530. The largest absolute Gasteiger partial charge is 0.481 e. The van der Waals surface area contributed by atoms with Gasteiger partial charge in [0, 0.05) is 0 Å². The molecule has 0 unspecified atom stereocenters. The smallest absolute Gasteiger partial charge is 0.309 e. The molecular formula is C9H18O2. The zero-order valence-electron chi connectivity index (χ0n) is 7.85. The van der Waals surface area contributed by atoms with E-state index in [0.717, 1.165) is 12.8 Å². The van der Waals surface area contributed by atoms with Gasteiger partial charge in [0.05, 0.1) is 5.41 Å².